The monoisotopic (exact) mass is 221 g/mol. The lowest BCUT2D eigenvalue weighted by Crippen LogP contribution is -2.36. The standard InChI is InChI=1S/C12H19N3O/c1-14-6-4-5-11(14)9-13-10-12(16)15-7-2-3-8-15/h4-6,13H,2-3,7-10H2,1H3. The second-order valence-electron chi connectivity index (χ2n) is 4.30. The Morgan fingerprint density at radius 2 is 2.19 bits per heavy atom. The van der Waals surface area contributed by atoms with E-state index < -0.39 is 0 Å². The van der Waals surface area contributed by atoms with Crippen LogP contribution >= 0.6 is 0 Å². The van der Waals surface area contributed by atoms with Crippen LogP contribution in [0.5, 0.6) is 0 Å². The maximum atomic E-state index is 11.7. The van der Waals surface area contributed by atoms with Crippen molar-refractivity contribution in [1.82, 2.24) is 14.8 Å². The van der Waals surface area contributed by atoms with Gasteiger partial charge in [-0.25, -0.2) is 0 Å². The number of aryl methyl sites for hydroxylation is 1. The quantitative estimate of drug-likeness (QED) is 0.814. The van der Waals surface area contributed by atoms with E-state index in [2.05, 4.69) is 16.0 Å². The third-order valence-electron chi connectivity index (χ3n) is 3.09. The molecule has 0 aliphatic carbocycles. The van der Waals surface area contributed by atoms with E-state index in [-0.39, 0.29) is 5.91 Å². The highest BCUT2D eigenvalue weighted by atomic mass is 16.2. The fourth-order valence-electron chi connectivity index (χ4n) is 2.06. The van der Waals surface area contributed by atoms with E-state index in [9.17, 15) is 4.79 Å². The first-order valence-corrected chi connectivity index (χ1v) is 5.86. The van der Waals surface area contributed by atoms with E-state index in [1.807, 2.05) is 24.2 Å². The molecule has 1 saturated heterocycles. The van der Waals surface area contributed by atoms with Gasteiger partial charge in [0.1, 0.15) is 0 Å². The van der Waals surface area contributed by atoms with Crippen LogP contribution in [0.25, 0.3) is 0 Å². The van der Waals surface area contributed by atoms with Crippen molar-refractivity contribution in [2.75, 3.05) is 19.6 Å². The van der Waals surface area contributed by atoms with Crippen LogP contribution in [-0.2, 0) is 18.4 Å². The van der Waals surface area contributed by atoms with Crippen molar-refractivity contribution in [1.29, 1.82) is 0 Å². The van der Waals surface area contributed by atoms with Gasteiger partial charge >= 0.3 is 0 Å². The van der Waals surface area contributed by atoms with Gasteiger partial charge in [0, 0.05) is 38.6 Å². The summed E-state index contributed by atoms with van der Waals surface area (Å²) in [7, 11) is 2.01. The zero-order valence-electron chi connectivity index (χ0n) is 9.78. The molecule has 1 fully saturated rings. The molecular formula is C12H19N3O. The van der Waals surface area contributed by atoms with Crippen LogP contribution in [0.1, 0.15) is 18.5 Å². The summed E-state index contributed by atoms with van der Waals surface area (Å²) in [6.07, 6.45) is 4.33. The van der Waals surface area contributed by atoms with Gasteiger partial charge in [-0.3, -0.25) is 4.79 Å². The lowest BCUT2D eigenvalue weighted by atomic mass is 10.4. The third-order valence-corrected chi connectivity index (χ3v) is 3.09. The smallest absolute Gasteiger partial charge is 0.236 e. The summed E-state index contributed by atoms with van der Waals surface area (Å²) in [4.78, 5) is 13.7. The number of hydrogen-bond donors (Lipinski definition) is 1. The average Bonchev–Trinajstić information content (AvgIpc) is 2.90. The zero-order valence-corrected chi connectivity index (χ0v) is 9.78. The maximum absolute atomic E-state index is 11.7. The second kappa shape index (κ2) is 5.16. The van der Waals surface area contributed by atoms with Crippen LogP contribution in [0.4, 0.5) is 0 Å². The Balaban J connectivity index is 1.71. The summed E-state index contributed by atoms with van der Waals surface area (Å²) in [5.74, 6) is 0.228. The number of amides is 1. The fourth-order valence-corrected chi connectivity index (χ4v) is 2.06. The second-order valence-corrected chi connectivity index (χ2v) is 4.30. The molecule has 2 heterocycles. The molecule has 1 amide bonds. The molecule has 1 aromatic heterocycles. The van der Waals surface area contributed by atoms with Crippen molar-refractivity contribution in [3.63, 3.8) is 0 Å². The number of carbonyl (C=O) groups is 1. The molecular weight excluding hydrogens is 202 g/mol. The molecule has 0 saturated carbocycles. The Morgan fingerprint density at radius 1 is 1.44 bits per heavy atom. The van der Waals surface area contributed by atoms with Gasteiger partial charge in [-0.15, -0.1) is 0 Å². The average molecular weight is 221 g/mol. The number of nitrogens with zero attached hydrogens (tertiary/aromatic N) is 2. The van der Waals surface area contributed by atoms with Crippen molar-refractivity contribution in [2.24, 2.45) is 7.05 Å². The van der Waals surface area contributed by atoms with Crippen molar-refractivity contribution >= 4 is 5.91 Å². The minimum absolute atomic E-state index is 0.228. The van der Waals surface area contributed by atoms with E-state index in [1.54, 1.807) is 0 Å². The molecule has 4 nitrogen and oxygen atoms in total. The normalized spacial score (nSPS) is 15.7. The zero-order chi connectivity index (χ0) is 11.4. The highest BCUT2D eigenvalue weighted by Gasteiger charge is 2.16. The van der Waals surface area contributed by atoms with Gasteiger partial charge in [0.2, 0.25) is 5.91 Å². The van der Waals surface area contributed by atoms with Crippen LogP contribution in [0.3, 0.4) is 0 Å². The van der Waals surface area contributed by atoms with Crippen molar-refractivity contribution in [3.05, 3.63) is 24.0 Å². The van der Waals surface area contributed by atoms with E-state index in [0.29, 0.717) is 6.54 Å². The third kappa shape index (κ3) is 2.64. The molecule has 1 aliphatic rings. The van der Waals surface area contributed by atoms with Crippen molar-refractivity contribution < 1.29 is 4.79 Å². The van der Waals surface area contributed by atoms with E-state index >= 15 is 0 Å². The number of rotatable bonds is 4. The van der Waals surface area contributed by atoms with Gasteiger partial charge in [0.15, 0.2) is 0 Å². The van der Waals surface area contributed by atoms with Crippen LogP contribution in [0.2, 0.25) is 0 Å². The van der Waals surface area contributed by atoms with E-state index in [0.717, 1.165) is 32.5 Å². The SMILES string of the molecule is Cn1cccc1CNCC(=O)N1CCCC1. The summed E-state index contributed by atoms with van der Waals surface area (Å²) in [6.45, 7) is 3.07. The molecule has 0 spiro atoms. The van der Waals surface area contributed by atoms with Crippen molar-refractivity contribution in [3.8, 4) is 0 Å². The molecule has 1 aromatic rings. The van der Waals surface area contributed by atoms with Crippen LogP contribution in [-0.4, -0.2) is 35.0 Å². The Hall–Kier alpha value is -1.29. The Labute approximate surface area is 96.2 Å². The highest BCUT2D eigenvalue weighted by molar-refractivity contribution is 5.78. The maximum Gasteiger partial charge on any atom is 0.236 e. The first kappa shape index (κ1) is 11.2. The van der Waals surface area contributed by atoms with Gasteiger partial charge in [0.25, 0.3) is 0 Å². The largest absolute Gasteiger partial charge is 0.353 e. The molecule has 0 aromatic carbocycles. The number of carbonyl (C=O) groups excluding carboxylic acids is 1. The number of likely N-dealkylation sites (tertiary alicyclic amines) is 1. The molecule has 4 heteroatoms. The van der Waals surface area contributed by atoms with Crippen LogP contribution < -0.4 is 5.32 Å². The molecule has 1 N–H and O–H groups in total. The molecule has 16 heavy (non-hydrogen) atoms. The van der Waals surface area contributed by atoms with Gasteiger partial charge in [0.05, 0.1) is 6.54 Å². The van der Waals surface area contributed by atoms with E-state index in [4.69, 9.17) is 0 Å². The minimum Gasteiger partial charge on any atom is -0.353 e. The molecule has 2 rings (SSSR count). The van der Waals surface area contributed by atoms with Gasteiger partial charge in [-0.05, 0) is 25.0 Å². The number of hydrogen-bond acceptors (Lipinski definition) is 2. The molecule has 0 atom stereocenters. The van der Waals surface area contributed by atoms with E-state index in [1.165, 1.54) is 5.69 Å². The summed E-state index contributed by atoms with van der Waals surface area (Å²) < 4.78 is 2.06. The number of aromatic nitrogens is 1. The fraction of sp³-hybridized carbons (Fsp3) is 0.583. The van der Waals surface area contributed by atoms with Crippen molar-refractivity contribution in [2.45, 2.75) is 19.4 Å². The molecule has 1 aliphatic heterocycles. The number of nitrogens with one attached hydrogen (secondary N) is 1. The van der Waals surface area contributed by atoms with Gasteiger partial charge in [-0.2, -0.15) is 0 Å². The lowest BCUT2D eigenvalue weighted by molar-refractivity contribution is -0.129. The molecule has 0 radical (unpaired) electrons. The predicted octanol–water partition coefficient (Wildman–Crippen LogP) is 0.737. The van der Waals surface area contributed by atoms with Gasteiger partial charge < -0.3 is 14.8 Å². The van der Waals surface area contributed by atoms with Crippen LogP contribution in [0.15, 0.2) is 18.3 Å². The summed E-state index contributed by atoms with van der Waals surface area (Å²) in [5.41, 5.74) is 1.20. The first-order chi connectivity index (χ1) is 7.77. The molecule has 0 unspecified atom stereocenters. The summed E-state index contributed by atoms with van der Waals surface area (Å²) in [5, 5.41) is 3.19. The minimum atomic E-state index is 0.228. The Bertz CT molecular complexity index is 353. The summed E-state index contributed by atoms with van der Waals surface area (Å²) in [6, 6.07) is 4.08. The predicted molar refractivity (Wildman–Crippen MR) is 62.9 cm³/mol. The topological polar surface area (TPSA) is 37.3 Å². The molecule has 88 valence electrons. The van der Waals surface area contributed by atoms with Crippen LogP contribution in [0, 0.1) is 0 Å². The first-order valence-electron chi connectivity index (χ1n) is 5.86. The Morgan fingerprint density at radius 3 is 2.81 bits per heavy atom. The summed E-state index contributed by atoms with van der Waals surface area (Å²) >= 11 is 0. The Kier molecular flexibility index (Phi) is 3.62. The molecule has 0 bridgehead atoms. The lowest BCUT2D eigenvalue weighted by Gasteiger charge is -2.15. The highest BCUT2D eigenvalue weighted by Crippen LogP contribution is 2.06. The van der Waals surface area contributed by atoms with Gasteiger partial charge in [-0.1, -0.05) is 0 Å².